The summed E-state index contributed by atoms with van der Waals surface area (Å²) in [7, 11) is 0. The molecular formula is C24H27N3O5. The average molecular weight is 437 g/mol. The normalized spacial score (nSPS) is 21.9. The van der Waals surface area contributed by atoms with E-state index in [9.17, 15) is 14.4 Å². The zero-order valence-corrected chi connectivity index (χ0v) is 18.0. The number of carbonyl (C=O) groups excluding carboxylic acids is 3. The lowest BCUT2D eigenvalue weighted by Gasteiger charge is -2.27. The molecular weight excluding hydrogens is 410 g/mol. The Morgan fingerprint density at radius 2 is 1.84 bits per heavy atom. The molecule has 2 aliphatic rings. The molecule has 2 N–H and O–H groups in total. The van der Waals surface area contributed by atoms with Gasteiger partial charge >= 0.3 is 6.03 Å². The molecule has 32 heavy (non-hydrogen) atoms. The van der Waals surface area contributed by atoms with Crippen molar-refractivity contribution in [3.8, 4) is 11.5 Å². The standard InChI is InChI=1S/C24H27N3O5/c1-2-3-13-24(17-9-5-4-6-10-17)22(29)27(23(30)26-24)15-21(28)25-14-18-16-31-19-11-7-8-12-20(19)32-18/h4-12,18H,2-3,13-16H2,1H3,(H,25,28)(H,26,30). The number of hydrogen-bond donors (Lipinski definition) is 2. The van der Waals surface area contributed by atoms with E-state index in [0.717, 1.165) is 23.3 Å². The van der Waals surface area contributed by atoms with E-state index in [2.05, 4.69) is 10.6 Å². The first kappa shape index (κ1) is 21.7. The Kier molecular flexibility index (Phi) is 6.30. The number of hydrogen-bond acceptors (Lipinski definition) is 5. The number of imide groups is 1. The third kappa shape index (κ3) is 4.26. The van der Waals surface area contributed by atoms with Crippen molar-refractivity contribution in [1.29, 1.82) is 0 Å². The Labute approximate surface area is 186 Å². The minimum Gasteiger partial charge on any atom is -0.486 e. The first-order valence-corrected chi connectivity index (χ1v) is 10.9. The fraction of sp³-hybridized carbons (Fsp3) is 0.375. The molecule has 4 amide bonds. The first-order valence-electron chi connectivity index (χ1n) is 10.9. The van der Waals surface area contributed by atoms with Gasteiger partial charge in [0.15, 0.2) is 11.5 Å². The van der Waals surface area contributed by atoms with E-state index in [1.54, 1.807) is 6.07 Å². The Morgan fingerprint density at radius 3 is 2.59 bits per heavy atom. The minimum absolute atomic E-state index is 0.205. The van der Waals surface area contributed by atoms with E-state index in [1.807, 2.05) is 55.5 Å². The highest BCUT2D eigenvalue weighted by atomic mass is 16.6. The molecule has 1 fully saturated rings. The predicted octanol–water partition coefficient (Wildman–Crippen LogP) is 2.58. The van der Waals surface area contributed by atoms with Gasteiger partial charge in [-0.15, -0.1) is 0 Å². The van der Waals surface area contributed by atoms with Gasteiger partial charge in [0.05, 0.1) is 6.54 Å². The van der Waals surface area contributed by atoms with Crippen molar-refractivity contribution in [3.63, 3.8) is 0 Å². The molecule has 8 nitrogen and oxygen atoms in total. The molecule has 168 valence electrons. The van der Waals surface area contributed by atoms with Gasteiger partial charge in [0.25, 0.3) is 5.91 Å². The molecule has 8 heteroatoms. The second kappa shape index (κ2) is 9.30. The molecule has 0 saturated carbocycles. The Bertz CT molecular complexity index is 996. The van der Waals surface area contributed by atoms with Crippen molar-refractivity contribution in [3.05, 3.63) is 60.2 Å². The number of unbranched alkanes of at least 4 members (excludes halogenated alkanes) is 1. The maximum absolute atomic E-state index is 13.3. The van der Waals surface area contributed by atoms with Gasteiger partial charge in [0, 0.05) is 0 Å². The number of para-hydroxylation sites is 2. The molecule has 2 heterocycles. The maximum atomic E-state index is 13.3. The number of amides is 4. The van der Waals surface area contributed by atoms with Crippen LogP contribution in [0.4, 0.5) is 4.79 Å². The predicted molar refractivity (Wildman–Crippen MR) is 117 cm³/mol. The van der Waals surface area contributed by atoms with Gasteiger partial charge in [-0.05, 0) is 24.1 Å². The van der Waals surface area contributed by atoms with Crippen molar-refractivity contribution >= 4 is 17.8 Å². The van der Waals surface area contributed by atoms with E-state index in [1.165, 1.54) is 0 Å². The van der Waals surface area contributed by atoms with E-state index < -0.39 is 23.4 Å². The van der Waals surface area contributed by atoms with E-state index >= 15 is 0 Å². The summed E-state index contributed by atoms with van der Waals surface area (Å²) in [5.41, 5.74) is -0.417. The summed E-state index contributed by atoms with van der Waals surface area (Å²) in [6, 6.07) is 16.0. The SMILES string of the molecule is CCCCC1(c2ccccc2)NC(=O)N(CC(=O)NCC2COc3ccccc3O2)C1=O. The highest BCUT2D eigenvalue weighted by Gasteiger charge is 2.52. The lowest BCUT2D eigenvalue weighted by molar-refractivity contribution is -0.135. The van der Waals surface area contributed by atoms with E-state index in [0.29, 0.717) is 24.5 Å². The lowest BCUT2D eigenvalue weighted by atomic mass is 9.85. The van der Waals surface area contributed by atoms with Crippen LogP contribution in [0.25, 0.3) is 0 Å². The topological polar surface area (TPSA) is 97.0 Å². The number of ether oxygens (including phenoxy) is 2. The summed E-state index contributed by atoms with van der Waals surface area (Å²) in [4.78, 5) is 39.6. The molecule has 4 rings (SSSR count). The van der Waals surface area contributed by atoms with Crippen LogP contribution in [0.1, 0.15) is 31.7 Å². The van der Waals surface area contributed by atoms with Crippen LogP contribution in [-0.2, 0) is 15.1 Å². The van der Waals surface area contributed by atoms with Gasteiger partial charge in [0.1, 0.15) is 24.8 Å². The molecule has 0 spiro atoms. The van der Waals surface area contributed by atoms with Gasteiger partial charge in [-0.1, -0.05) is 62.2 Å². The van der Waals surface area contributed by atoms with Crippen molar-refractivity contribution in [2.75, 3.05) is 19.7 Å². The Morgan fingerprint density at radius 1 is 1.12 bits per heavy atom. The van der Waals surface area contributed by atoms with Crippen molar-refractivity contribution in [2.24, 2.45) is 0 Å². The van der Waals surface area contributed by atoms with Gasteiger partial charge in [-0.25, -0.2) is 4.79 Å². The summed E-state index contributed by atoms with van der Waals surface area (Å²) in [5, 5.41) is 5.60. The van der Waals surface area contributed by atoms with Crippen LogP contribution < -0.4 is 20.1 Å². The van der Waals surface area contributed by atoms with Gasteiger partial charge in [-0.2, -0.15) is 0 Å². The highest BCUT2D eigenvalue weighted by molar-refractivity contribution is 6.09. The second-order valence-electron chi connectivity index (χ2n) is 8.00. The van der Waals surface area contributed by atoms with Gasteiger partial charge in [-0.3, -0.25) is 14.5 Å². The molecule has 0 radical (unpaired) electrons. The number of urea groups is 1. The molecule has 2 aliphatic heterocycles. The number of rotatable bonds is 8. The van der Waals surface area contributed by atoms with E-state index in [-0.39, 0.29) is 19.2 Å². The molecule has 0 aromatic heterocycles. The summed E-state index contributed by atoms with van der Waals surface area (Å²) in [5.74, 6) is 0.452. The number of carbonyl (C=O) groups is 3. The summed E-state index contributed by atoms with van der Waals surface area (Å²) in [6.45, 7) is 2.18. The smallest absolute Gasteiger partial charge is 0.325 e. The van der Waals surface area contributed by atoms with Crippen LogP contribution in [0.2, 0.25) is 0 Å². The van der Waals surface area contributed by atoms with E-state index in [4.69, 9.17) is 9.47 Å². The summed E-state index contributed by atoms with van der Waals surface area (Å²) >= 11 is 0. The van der Waals surface area contributed by atoms with Crippen LogP contribution >= 0.6 is 0 Å². The molecule has 2 atom stereocenters. The number of benzene rings is 2. The zero-order valence-electron chi connectivity index (χ0n) is 18.0. The molecule has 2 unspecified atom stereocenters. The monoisotopic (exact) mass is 437 g/mol. The molecule has 0 aliphatic carbocycles. The van der Waals surface area contributed by atoms with Crippen LogP contribution in [0.5, 0.6) is 11.5 Å². The van der Waals surface area contributed by atoms with Crippen LogP contribution in [0.3, 0.4) is 0 Å². The number of nitrogens with one attached hydrogen (secondary N) is 2. The van der Waals surface area contributed by atoms with Crippen molar-refractivity contribution < 1.29 is 23.9 Å². The highest BCUT2D eigenvalue weighted by Crippen LogP contribution is 2.34. The largest absolute Gasteiger partial charge is 0.486 e. The molecule has 2 aromatic carbocycles. The van der Waals surface area contributed by atoms with Crippen LogP contribution in [0.15, 0.2) is 54.6 Å². The maximum Gasteiger partial charge on any atom is 0.325 e. The quantitative estimate of drug-likeness (QED) is 0.619. The van der Waals surface area contributed by atoms with Gasteiger partial charge in [0.2, 0.25) is 5.91 Å². The molecule has 1 saturated heterocycles. The third-order valence-electron chi connectivity index (χ3n) is 5.74. The lowest BCUT2D eigenvalue weighted by Crippen LogP contribution is -2.47. The average Bonchev–Trinajstić information content (AvgIpc) is 3.07. The minimum atomic E-state index is -1.14. The number of fused-ring (bicyclic) bond motifs is 1. The fourth-order valence-electron chi connectivity index (χ4n) is 4.03. The zero-order chi connectivity index (χ0) is 22.6. The van der Waals surface area contributed by atoms with Crippen LogP contribution in [0, 0.1) is 0 Å². The fourth-order valence-corrected chi connectivity index (χ4v) is 4.03. The van der Waals surface area contributed by atoms with Gasteiger partial charge < -0.3 is 20.1 Å². The Hall–Kier alpha value is -3.55. The summed E-state index contributed by atoms with van der Waals surface area (Å²) in [6.07, 6.45) is 1.76. The number of nitrogens with zero attached hydrogens (tertiary/aromatic N) is 1. The Balaban J connectivity index is 1.39. The van der Waals surface area contributed by atoms with Crippen molar-refractivity contribution in [2.45, 2.75) is 37.8 Å². The first-order chi connectivity index (χ1) is 15.5. The third-order valence-corrected chi connectivity index (χ3v) is 5.74. The summed E-state index contributed by atoms with van der Waals surface area (Å²) < 4.78 is 11.5. The van der Waals surface area contributed by atoms with Crippen LogP contribution in [-0.4, -0.2) is 48.5 Å². The molecule has 2 aromatic rings. The molecule has 0 bridgehead atoms. The second-order valence-corrected chi connectivity index (χ2v) is 8.00. The van der Waals surface area contributed by atoms with Crippen molar-refractivity contribution in [1.82, 2.24) is 15.5 Å².